The standard InChI is InChI=1S/C11H10BrFO3/c12-6-4-7(9(14)8(13)5-6)11(10(15)16)2-1-3-11/h4-5,14H,1-3H2,(H,15,16). The smallest absolute Gasteiger partial charge is 0.314 e. The van der Waals surface area contributed by atoms with Crippen molar-refractivity contribution in [1.82, 2.24) is 0 Å². The largest absolute Gasteiger partial charge is 0.505 e. The third-order valence-electron chi connectivity index (χ3n) is 3.16. The van der Waals surface area contributed by atoms with Crippen molar-refractivity contribution in [2.24, 2.45) is 0 Å². The highest BCUT2D eigenvalue weighted by Crippen LogP contribution is 2.48. The highest BCUT2D eigenvalue weighted by molar-refractivity contribution is 9.10. The number of halogens is 2. The number of carboxylic acids is 1. The molecule has 1 aromatic rings. The zero-order valence-electron chi connectivity index (χ0n) is 8.33. The van der Waals surface area contributed by atoms with Gasteiger partial charge in [-0.15, -0.1) is 0 Å². The van der Waals surface area contributed by atoms with E-state index in [-0.39, 0.29) is 5.56 Å². The first-order valence-electron chi connectivity index (χ1n) is 4.89. The molecule has 0 radical (unpaired) electrons. The van der Waals surface area contributed by atoms with Gasteiger partial charge >= 0.3 is 5.97 Å². The third-order valence-corrected chi connectivity index (χ3v) is 3.62. The first-order chi connectivity index (χ1) is 7.47. The van der Waals surface area contributed by atoms with Crippen LogP contribution in [0.15, 0.2) is 16.6 Å². The van der Waals surface area contributed by atoms with Gasteiger partial charge in [-0.05, 0) is 25.0 Å². The fourth-order valence-electron chi connectivity index (χ4n) is 2.06. The van der Waals surface area contributed by atoms with Gasteiger partial charge in [0.15, 0.2) is 11.6 Å². The molecule has 0 atom stereocenters. The second kappa shape index (κ2) is 3.73. The van der Waals surface area contributed by atoms with Gasteiger partial charge in [0.05, 0.1) is 5.41 Å². The minimum Gasteiger partial charge on any atom is -0.505 e. The fraction of sp³-hybridized carbons (Fsp3) is 0.364. The van der Waals surface area contributed by atoms with E-state index in [1.165, 1.54) is 6.07 Å². The number of aliphatic carboxylic acids is 1. The van der Waals surface area contributed by atoms with Gasteiger partial charge in [0.25, 0.3) is 0 Å². The molecule has 0 saturated heterocycles. The van der Waals surface area contributed by atoms with Crippen molar-refractivity contribution in [2.75, 3.05) is 0 Å². The zero-order chi connectivity index (χ0) is 11.9. The lowest BCUT2D eigenvalue weighted by Crippen LogP contribution is -2.42. The minimum absolute atomic E-state index is 0.165. The van der Waals surface area contributed by atoms with E-state index in [2.05, 4.69) is 15.9 Å². The second-order valence-corrected chi connectivity index (χ2v) is 4.94. The summed E-state index contributed by atoms with van der Waals surface area (Å²) < 4.78 is 13.8. The van der Waals surface area contributed by atoms with Gasteiger partial charge in [0, 0.05) is 10.0 Å². The molecule has 1 aliphatic rings. The molecule has 1 fully saturated rings. The molecule has 1 aliphatic carbocycles. The summed E-state index contributed by atoms with van der Waals surface area (Å²) in [7, 11) is 0. The summed E-state index contributed by atoms with van der Waals surface area (Å²) in [5.41, 5.74) is -0.951. The summed E-state index contributed by atoms with van der Waals surface area (Å²) in [5.74, 6) is -2.35. The summed E-state index contributed by atoms with van der Waals surface area (Å²) >= 11 is 3.10. The van der Waals surface area contributed by atoms with Crippen LogP contribution in [-0.4, -0.2) is 16.2 Å². The highest BCUT2D eigenvalue weighted by atomic mass is 79.9. The normalized spacial score (nSPS) is 17.9. The summed E-state index contributed by atoms with van der Waals surface area (Å²) in [6.45, 7) is 0. The first kappa shape index (κ1) is 11.4. The van der Waals surface area contributed by atoms with Crippen molar-refractivity contribution < 1.29 is 19.4 Å². The number of carboxylic acid groups (broad SMARTS) is 1. The Balaban J connectivity index is 2.59. The lowest BCUT2D eigenvalue weighted by atomic mass is 9.64. The topological polar surface area (TPSA) is 57.5 Å². The van der Waals surface area contributed by atoms with E-state index in [1.54, 1.807) is 0 Å². The molecular formula is C11H10BrFO3. The van der Waals surface area contributed by atoms with Crippen molar-refractivity contribution in [3.05, 3.63) is 28.0 Å². The van der Waals surface area contributed by atoms with Gasteiger partial charge in [-0.25, -0.2) is 4.39 Å². The quantitative estimate of drug-likeness (QED) is 0.880. The Morgan fingerprint density at radius 1 is 1.44 bits per heavy atom. The molecule has 2 rings (SSSR count). The van der Waals surface area contributed by atoms with Crippen LogP contribution in [0.2, 0.25) is 0 Å². The van der Waals surface area contributed by atoms with Crippen molar-refractivity contribution in [1.29, 1.82) is 0 Å². The molecule has 0 unspecified atom stereocenters. The minimum atomic E-state index is -1.12. The first-order valence-corrected chi connectivity index (χ1v) is 5.68. The Labute approximate surface area is 100 Å². The number of rotatable bonds is 2. The van der Waals surface area contributed by atoms with Crippen molar-refractivity contribution >= 4 is 21.9 Å². The van der Waals surface area contributed by atoms with Crippen molar-refractivity contribution in [3.63, 3.8) is 0 Å². The molecule has 0 amide bonds. The average molecular weight is 289 g/mol. The molecule has 0 heterocycles. The van der Waals surface area contributed by atoms with Crippen molar-refractivity contribution in [2.45, 2.75) is 24.7 Å². The van der Waals surface area contributed by atoms with E-state index in [0.29, 0.717) is 17.3 Å². The summed E-state index contributed by atoms with van der Waals surface area (Å²) in [6, 6.07) is 2.60. The van der Waals surface area contributed by atoms with Crippen molar-refractivity contribution in [3.8, 4) is 5.75 Å². The van der Waals surface area contributed by atoms with E-state index in [1.807, 2.05) is 0 Å². The predicted molar refractivity (Wildman–Crippen MR) is 58.9 cm³/mol. The van der Waals surface area contributed by atoms with Gasteiger partial charge in [-0.2, -0.15) is 0 Å². The molecule has 0 aliphatic heterocycles. The van der Waals surface area contributed by atoms with Crippen LogP contribution in [0.4, 0.5) is 4.39 Å². The average Bonchev–Trinajstić information content (AvgIpc) is 2.10. The van der Waals surface area contributed by atoms with Gasteiger partial charge in [-0.1, -0.05) is 22.4 Å². The van der Waals surface area contributed by atoms with E-state index in [0.717, 1.165) is 12.5 Å². The molecule has 1 aromatic carbocycles. The number of aromatic hydroxyl groups is 1. The van der Waals surface area contributed by atoms with Crippen LogP contribution < -0.4 is 0 Å². The molecule has 0 spiro atoms. The van der Waals surface area contributed by atoms with Crippen LogP contribution in [0.3, 0.4) is 0 Å². The van der Waals surface area contributed by atoms with E-state index < -0.39 is 23.0 Å². The number of phenols is 1. The lowest BCUT2D eigenvalue weighted by molar-refractivity contribution is -0.147. The van der Waals surface area contributed by atoms with Gasteiger partial charge in [-0.3, -0.25) is 4.79 Å². The Morgan fingerprint density at radius 3 is 2.50 bits per heavy atom. The fourth-order valence-corrected chi connectivity index (χ4v) is 2.49. The van der Waals surface area contributed by atoms with Gasteiger partial charge in [0.2, 0.25) is 0 Å². The summed E-state index contributed by atoms with van der Waals surface area (Å²) in [6.07, 6.45) is 1.65. The Hall–Kier alpha value is -1.10. The molecule has 1 saturated carbocycles. The number of carbonyl (C=O) groups is 1. The Bertz CT molecular complexity index is 455. The number of hydrogen-bond donors (Lipinski definition) is 2. The number of hydrogen-bond acceptors (Lipinski definition) is 2. The SMILES string of the molecule is O=C(O)C1(c2cc(Br)cc(F)c2O)CCC1. The van der Waals surface area contributed by atoms with Crippen LogP contribution in [0, 0.1) is 5.82 Å². The Kier molecular flexibility index (Phi) is 2.66. The van der Waals surface area contributed by atoms with E-state index in [9.17, 15) is 19.4 Å². The molecule has 5 heteroatoms. The number of phenolic OH excluding ortho intramolecular Hbond substituents is 1. The summed E-state index contributed by atoms with van der Waals surface area (Å²) in [4.78, 5) is 11.2. The van der Waals surface area contributed by atoms with Crippen LogP contribution in [0.5, 0.6) is 5.75 Å². The van der Waals surface area contributed by atoms with E-state index >= 15 is 0 Å². The molecular weight excluding hydrogens is 279 g/mol. The maximum absolute atomic E-state index is 13.3. The van der Waals surface area contributed by atoms with Gasteiger partial charge in [0.1, 0.15) is 0 Å². The second-order valence-electron chi connectivity index (χ2n) is 4.02. The van der Waals surface area contributed by atoms with Crippen LogP contribution >= 0.6 is 15.9 Å². The zero-order valence-corrected chi connectivity index (χ0v) is 9.92. The summed E-state index contributed by atoms with van der Waals surface area (Å²) in [5, 5.41) is 18.8. The predicted octanol–water partition coefficient (Wildman–Crippen LogP) is 2.80. The molecule has 3 nitrogen and oxygen atoms in total. The van der Waals surface area contributed by atoms with Crippen LogP contribution in [0.25, 0.3) is 0 Å². The third kappa shape index (κ3) is 1.50. The molecule has 0 aromatic heterocycles. The monoisotopic (exact) mass is 288 g/mol. The van der Waals surface area contributed by atoms with Gasteiger partial charge < -0.3 is 10.2 Å². The lowest BCUT2D eigenvalue weighted by Gasteiger charge is -2.38. The molecule has 16 heavy (non-hydrogen) atoms. The Morgan fingerprint density at radius 2 is 2.06 bits per heavy atom. The number of benzene rings is 1. The molecule has 0 bridgehead atoms. The molecule has 86 valence electrons. The van der Waals surface area contributed by atoms with Crippen LogP contribution in [-0.2, 0) is 10.2 Å². The van der Waals surface area contributed by atoms with E-state index in [4.69, 9.17) is 0 Å². The molecule has 2 N–H and O–H groups in total. The maximum atomic E-state index is 13.3. The highest BCUT2D eigenvalue weighted by Gasteiger charge is 2.48. The van der Waals surface area contributed by atoms with Crippen LogP contribution in [0.1, 0.15) is 24.8 Å². The maximum Gasteiger partial charge on any atom is 0.314 e.